The van der Waals surface area contributed by atoms with Crippen LogP contribution in [0.5, 0.6) is 5.88 Å². The molecular formula is C15H20N4O5S. The molecule has 1 N–H and O–H groups in total. The second-order valence-corrected chi connectivity index (χ2v) is 7.69. The molecule has 1 aliphatic rings. The monoisotopic (exact) mass is 368 g/mol. The number of sulfonamides is 1. The van der Waals surface area contributed by atoms with E-state index in [1.807, 2.05) is 13.8 Å². The van der Waals surface area contributed by atoms with Gasteiger partial charge in [0.25, 0.3) is 5.89 Å². The fraction of sp³-hybridized carbons (Fsp3) is 0.533. The van der Waals surface area contributed by atoms with Crippen molar-refractivity contribution in [1.29, 1.82) is 0 Å². The van der Waals surface area contributed by atoms with Crippen LogP contribution in [0.4, 0.5) is 0 Å². The molecule has 3 heterocycles. The number of rotatable bonds is 6. The molecule has 136 valence electrons. The summed E-state index contributed by atoms with van der Waals surface area (Å²) in [6, 6.07) is 2.94. The minimum atomic E-state index is -3.78. The summed E-state index contributed by atoms with van der Waals surface area (Å²) >= 11 is 0. The summed E-state index contributed by atoms with van der Waals surface area (Å²) in [7, 11) is -3.78. The van der Waals surface area contributed by atoms with Crippen molar-refractivity contribution in [2.24, 2.45) is 0 Å². The Kier molecular flexibility index (Phi) is 4.76. The van der Waals surface area contributed by atoms with Gasteiger partial charge in [-0.15, -0.1) is 0 Å². The highest BCUT2D eigenvalue weighted by molar-refractivity contribution is 7.89. The van der Waals surface area contributed by atoms with Crippen LogP contribution in [0.3, 0.4) is 0 Å². The van der Waals surface area contributed by atoms with Gasteiger partial charge in [-0.1, -0.05) is 12.1 Å². The van der Waals surface area contributed by atoms with E-state index in [9.17, 15) is 13.5 Å². The fourth-order valence-corrected chi connectivity index (χ4v) is 4.07. The van der Waals surface area contributed by atoms with Crippen molar-refractivity contribution in [2.45, 2.75) is 37.2 Å². The lowest BCUT2D eigenvalue weighted by molar-refractivity contribution is 0.0194. The standard InChI is InChI=1S/C15H20N4O5S/c1-3-12-17-14(24-18-12)15(20)7-8-19(10-15)25(21,22)11-5-6-13(16-9-11)23-4-2/h5-6,9,20H,3-4,7-8,10H2,1-2H3/t15-/m1/s1. The number of aryl methyl sites for hydroxylation is 1. The SMILES string of the molecule is CCOc1ccc(S(=O)(=O)N2CC[C@](O)(c3nc(CC)no3)C2)cn1. The van der Waals surface area contributed by atoms with Gasteiger partial charge in [-0.2, -0.15) is 9.29 Å². The molecule has 3 rings (SSSR count). The zero-order chi connectivity index (χ0) is 18.1. The highest BCUT2D eigenvalue weighted by Gasteiger charge is 2.46. The Bertz CT molecular complexity index is 836. The Morgan fingerprint density at radius 1 is 1.40 bits per heavy atom. The van der Waals surface area contributed by atoms with Crippen molar-refractivity contribution in [3.63, 3.8) is 0 Å². The van der Waals surface area contributed by atoms with E-state index in [2.05, 4.69) is 15.1 Å². The molecule has 0 amide bonds. The van der Waals surface area contributed by atoms with Gasteiger partial charge in [0.1, 0.15) is 4.90 Å². The zero-order valence-electron chi connectivity index (χ0n) is 14.0. The number of hydrogen-bond acceptors (Lipinski definition) is 8. The van der Waals surface area contributed by atoms with E-state index in [0.717, 1.165) is 0 Å². The molecular weight excluding hydrogens is 348 g/mol. The lowest BCUT2D eigenvalue weighted by Crippen LogP contribution is -2.34. The molecule has 0 bridgehead atoms. The quantitative estimate of drug-likeness (QED) is 0.792. The average molecular weight is 368 g/mol. The summed E-state index contributed by atoms with van der Waals surface area (Å²) in [5.41, 5.74) is -1.48. The van der Waals surface area contributed by atoms with Gasteiger partial charge < -0.3 is 14.4 Å². The molecule has 0 saturated carbocycles. The summed E-state index contributed by atoms with van der Waals surface area (Å²) in [4.78, 5) is 8.15. The fourth-order valence-electron chi connectivity index (χ4n) is 2.63. The topological polar surface area (TPSA) is 119 Å². The first kappa shape index (κ1) is 17.8. The second kappa shape index (κ2) is 6.70. The number of aliphatic hydroxyl groups is 1. The van der Waals surface area contributed by atoms with Crippen LogP contribution in [-0.4, -0.2) is 52.7 Å². The molecule has 9 nitrogen and oxygen atoms in total. The Labute approximate surface area is 145 Å². The normalized spacial score (nSPS) is 21.6. The molecule has 25 heavy (non-hydrogen) atoms. The zero-order valence-corrected chi connectivity index (χ0v) is 14.9. The van der Waals surface area contributed by atoms with Gasteiger partial charge in [-0.05, 0) is 13.0 Å². The summed E-state index contributed by atoms with van der Waals surface area (Å²) < 4.78 is 37.0. The third-order valence-corrected chi connectivity index (χ3v) is 5.86. The van der Waals surface area contributed by atoms with Crippen LogP contribution in [0.25, 0.3) is 0 Å². The van der Waals surface area contributed by atoms with Crippen LogP contribution >= 0.6 is 0 Å². The predicted molar refractivity (Wildman–Crippen MR) is 86.4 cm³/mol. The van der Waals surface area contributed by atoms with Crippen LogP contribution in [0, 0.1) is 0 Å². The van der Waals surface area contributed by atoms with Gasteiger partial charge in [0.05, 0.1) is 19.3 Å². The third kappa shape index (κ3) is 3.37. The molecule has 0 aromatic carbocycles. The van der Waals surface area contributed by atoms with Crippen LogP contribution in [-0.2, 0) is 22.0 Å². The highest BCUT2D eigenvalue weighted by atomic mass is 32.2. The van der Waals surface area contributed by atoms with Gasteiger partial charge in [0, 0.05) is 25.5 Å². The Hall–Kier alpha value is -2.04. The minimum absolute atomic E-state index is 0.0416. The number of β-amino-alcohol motifs (C(OH)–C–C–N with tert-alkyl or cyclic N) is 1. The average Bonchev–Trinajstić information content (AvgIpc) is 3.23. The van der Waals surface area contributed by atoms with Crippen LogP contribution in [0.2, 0.25) is 0 Å². The van der Waals surface area contributed by atoms with E-state index in [0.29, 0.717) is 24.7 Å². The van der Waals surface area contributed by atoms with E-state index in [1.165, 1.54) is 22.6 Å². The molecule has 10 heteroatoms. The second-order valence-electron chi connectivity index (χ2n) is 5.75. The van der Waals surface area contributed by atoms with Gasteiger partial charge in [-0.3, -0.25) is 0 Å². The van der Waals surface area contributed by atoms with Crippen molar-refractivity contribution >= 4 is 10.0 Å². The summed E-state index contributed by atoms with van der Waals surface area (Å²) in [5.74, 6) is 0.879. The first-order valence-corrected chi connectivity index (χ1v) is 9.47. The lowest BCUT2D eigenvalue weighted by Gasteiger charge is -2.19. The third-order valence-electron chi connectivity index (χ3n) is 4.03. The van der Waals surface area contributed by atoms with E-state index >= 15 is 0 Å². The molecule has 0 aliphatic carbocycles. The predicted octanol–water partition coefficient (Wildman–Crippen LogP) is 0.708. The molecule has 0 radical (unpaired) electrons. The number of aromatic nitrogens is 3. The summed E-state index contributed by atoms with van der Waals surface area (Å²) in [5, 5.41) is 14.5. The maximum atomic E-state index is 12.8. The van der Waals surface area contributed by atoms with E-state index in [4.69, 9.17) is 9.26 Å². The Morgan fingerprint density at radius 3 is 2.80 bits per heavy atom. The van der Waals surface area contributed by atoms with Gasteiger partial charge in [0.2, 0.25) is 15.9 Å². The van der Waals surface area contributed by atoms with Crippen molar-refractivity contribution in [1.82, 2.24) is 19.4 Å². The summed E-state index contributed by atoms with van der Waals surface area (Å²) in [6.07, 6.45) is 2.00. The van der Waals surface area contributed by atoms with Crippen molar-refractivity contribution in [3.05, 3.63) is 30.0 Å². The van der Waals surface area contributed by atoms with Crippen LogP contribution < -0.4 is 4.74 Å². The van der Waals surface area contributed by atoms with Crippen molar-refractivity contribution in [2.75, 3.05) is 19.7 Å². The van der Waals surface area contributed by atoms with Crippen LogP contribution in [0.1, 0.15) is 32.0 Å². The highest BCUT2D eigenvalue weighted by Crippen LogP contribution is 2.34. The first-order chi connectivity index (χ1) is 11.9. The van der Waals surface area contributed by atoms with E-state index in [1.54, 1.807) is 0 Å². The lowest BCUT2D eigenvalue weighted by atomic mass is 10.0. The number of pyridine rings is 1. The maximum Gasteiger partial charge on any atom is 0.260 e. The number of ether oxygens (including phenoxy) is 1. The maximum absolute atomic E-state index is 12.8. The largest absolute Gasteiger partial charge is 0.478 e. The number of nitrogens with zero attached hydrogens (tertiary/aromatic N) is 4. The van der Waals surface area contributed by atoms with Crippen molar-refractivity contribution in [3.8, 4) is 5.88 Å². The van der Waals surface area contributed by atoms with Crippen molar-refractivity contribution < 1.29 is 22.8 Å². The molecule has 2 aromatic heterocycles. The molecule has 1 aliphatic heterocycles. The van der Waals surface area contributed by atoms with E-state index in [-0.39, 0.29) is 30.3 Å². The molecule has 1 saturated heterocycles. The first-order valence-electron chi connectivity index (χ1n) is 8.03. The molecule has 1 atom stereocenters. The molecule has 1 fully saturated rings. The van der Waals surface area contributed by atoms with E-state index < -0.39 is 15.6 Å². The van der Waals surface area contributed by atoms with Gasteiger partial charge in [-0.25, -0.2) is 13.4 Å². The molecule has 2 aromatic rings. The Morgan fingerprint density at radius 2 is 2.20 bits per heavy atom. The smallest absolute Gasteiger partial charge is 0.260 e. The Balaban J connectivity index is 1.80. The number of hydrogen-bond donors (Lipinski definition) is 1. The van der Waals surface area contributed by atoms with Crippen LogP contribution in [0.15, 0.2) is 27.7 Å². The van der Waals surface area contributed by atoms with Gasteiger partial charge >= 0.3 is 0 Å². The van der Waals surface area contributed by atoms with Gasteiger partial charge in [0.15, 0.2) is 11.4 Å². The summed E-state index contributed by atoms with van der Waals surface area (Å²) in [6.45, 7) is 4.13. The minimum Gasteiger partial charge on any atom is -0.478 e. The molecule has 0 unspecified atom stereocenters. The molecule has 0 spiro atoms.